The van der Waals surface area contributed by atoms with Crippen LogP contribution in [0.15, 0.2) is 45.7 Å². The fraction of sp³-hybridized carbons (Fsp3) is 0.0714. The summed E-state index contributed by atoms with van der Waals surface area (Å²) in [5.74, 6) is 0.709. The van der Waals surface area contributed by atoms with E-state index >= 15 is 0 Å². The number of methoxy groups -OCH3 is 1. The van der Waals surface area contributed by atoms with E-state index in [1.165, 1.54) is 0 Å². The highest BCUT2D eigenvalue weighted by molar-refractivity contribution is 9.10. The van der Waals surface area contributed by atoms with Crippen LogP contribution in [0.3, 0.4) is 0 Å². The number of fused-ring (bicyclic) bond motifs is 2. The zero-order valence-electron chi connectivity index (χ0n) is 9.57. The summed E-state index contributed by atoms with van der Waals surface area (Å²) in [6.07, 6.45) is 0. The van der Waals surface area contributed by atoms with Gasteiger partial charge in [-0.1, -0.05) is 6.07 Å². The second-order valence-corrected chi connectivity index (χ2v) is 5.82. The highest BCUT2D eigenvalue weighted by atomic mass is 79.9. The Hall–Kier alpha value is -1.39. The lowest BCUT2D eigenvalue weighted by atomic mass is 10.2. The second-order valence-electron chi connectivity index (χ2n) is 3.91. The van der Waals surface area contributed by atoms with Gasteiger partial charge in [-0.15, -0.1) is 11.3 Å². The normalized spacial score (nSPS) is 11.0. The summed E-state index contributed by atoms with van der Waals surface area (Å²) < 4.78 is 8.09. The summed E-state index contributed by atoms with van der Waals surface area (Å²) in [5, 5.41) is 1.46. The predicted octanol–water partition coefficient (Wildman–Crippen LogP) is 4.19. The Balaban J connectivity index is 2.53. The van der Waals surface area contributed by atoms with Crippen LogP contribution in [-0.4, -0.2) is 7.11 Å². The fourth-order valence-corrected chi connectivity index (χ4v) is 3.61. The van der Waals surface area contributed by atoms with Gasteiger partial charge >= 0.3 is 0 Å². The summed E-state index contributed by atoms with van der Waals surface area (Å²) >= 11 is 5.10. The van der Waals surface area contributed by atoms with Crippen LogP contribution in [0.5, 0.6) is 5.75 Å². The molecule has 0 aliphatic heterocycles. The minimum absolute atomic E-state index is 0.0546. The van der Waals surface area contributed by atoms with Crippen LogP contribution in [0.25, 0.3) is 20.2 Å². The molecule has 0 unspecified atom stereocenters. The molecule has 4 heteroatoms. The first kappa shape index (κ1) is 11.7. The Morgan fingerprint density at radius 2 is 2.00 bits per heavy atom. The summed E-state index contributed by atoms with van der Waals surface area (Å²) in [6.45, 7) is 0. The maximum Gasteiger partial charge on any atom is 0.196 e. The molecule has 0 saturated carbocycles. The molecule has 0 N–H and O–H groups in total. The van der Waals surface area contributed by atoms with Crippen LogP contribution >= 0.6 is 27.3 Å². The number of ether oxygens (including phenoxy) is 1. The zero-order valence-corrected chi connectivity index (χ0v) is 12.0. The molecule has 18 heavy (non-hydrogen) atoms. The molecule has 0 fully saturated rings. The van der Waals surface area contributed by atoms with Gasteiger partial charge in [-0.05, 0) is 46.3 Å². The van der Waals surface area contributed by atoms with Crippen molar-refractivity contribution in [2.45, 2.75) is 0 Å². The van der Waals surface area contributed by atoms with E-state index in [-0.39, 0.29) is 5.43 Å². The zero-order chi connectivity index (χ0) is 12.7. The minimum Gasteiger partial charge on any atom is -0.497 e. The van der Waals surface area contributed by atoms with Crippen LogP contribution in [0.2, 0.25) is 0 Å². The number of rotatable bonds is 1. The van der Waals surface area contributed by atoms with Crippen LogP contribution < -0.4 is 10.2 Å². The lowest BCUT2D eigenvalue weighted by Crippen LogP contribution is -2.01. The molecular weight excluding hydrogens is 312 g/mol. The van der Waals surface area contributed by atoms with Crippen molar-refractivity contribution in [3.63, 3.8) is 0 Å². The van der Waals surface area contributed by atoms with Crippen LogP contribution in [0, 0.1) is 0 Å². The highest BCUT2D eigenvalue weighted by Gasteiger charge is 2.08. The first-order chi connectivity index (χ1) is 8.70. The quantitative estimate of drug-likeness (QED) is 0.628. The van der Waals surface area contributed by atoms with Crippen molar-refractivity contribution in [3.8, 4) is 5.75 Å². The molecule has 0 bridgehead atoms. The van der Waals surface area contributed by atoms with Gasteiger partial charge in [-0.3, -0.25) is 4.79 Å². The SMILES string of the molecule is COc1ccc2sc3c(Br)cccc3c(=O)c2c1. The predicted molar refractivity (Wildman–Crippen MR) is 79.9 cm³/mol. The highest BCUT2D eigenvalue weighted by Crippen LogP contribution is 2.31. The first-order valence-electron chi connectivity index (χ1n) is 5.40. The molecule has 3 aromatic rings. The molecule has 0 radical (unpaired) electrons. The van der Waals surface area contributed by atoms with Gasteiger partial charge in [0.25, 0.3) is 0 Å². The van der Waals surface area contributed by atoms with Crippen molar-refractivity contribution < 1.29 is 4.74 Å². The van der Waals surface area contributed by atoms with Crippen LogP contribution in [-0.2, 0) is 0 Å². The second kappa shape index (κ2) is 4.37. The van der Waals surface area contributed by atoms with Gasteiger partial charge in [0, 0.05) is 19.9 Å². The summed E-state index contributed by atoms with van der Waals surface area (Å²) in [6, 6.07) is 11.3. The molecule has 90 valence electrons. The van der Waals surface area contributed by atoms with Gasteiger partial charge in [0.05, 0.1) is 11.8 Å². The molecule has 2 nitrogen and oxygen atoms in total. The van der Waals surface area contributed by atoms with Crippen LogP contribution in [0.1, 0.15) is 0 Å². The Morgan fingerprint density at radius 3 is 2.78 bits per heavy atom. The summed E-state index contributed by atoms with van der Waals surface area (Å²) in [5.41, 5.74) is 0.0546. The van der Waals surface area contributed by atoms with Crippen molar-refractivity contribution in [2.75, 3.05) is 7.11 Å². The molecule has 0 atom stereocenters. The molecule has 2 aromatic carbocycles. The van der Waals surface area contributed by atoms with Crippen molar-refractivity contribution >= 4 is 47.4 Å². The minimum atomic E-state index is 0.0546. The number of hydrogen-bond donors (Lipinski definition) is 0. The van der Waals surface area contributed by atoms with E-state index < -0.39 is 0 Å². The smallest absolute Gasteiger partial charge is 0.196 e. The molecule has 0 spiro atoms. The number of hydrogen-bond acceptors (Lipinski definition) is 3. The maximum atomic E-state index is 12.4. The number of benzene rings is 2. The van der Waals surface area contributed by atoms with Crippen LogP contribution in [0.4, 0.5) is 0 Å². The van der Waals surface area contributed by atoms with Gasteiger partial charge < -0.3 is 4.74 Å². The summed E-state index contributed by atoms with van der Waals surface area (Å²) in [7, 11) is 1.60. The van der Waals surface area contributed by atoms with Crippen molar-refractivity contribution in [2.24, 2.45) is 0 Å². The topological polar surface area (TPSA) is 26.3 Å². The average molecular weight is 321 g/mol. The van der Waals surface area contributed by atoms with Gasteiger partial charge in [0.15, 0.2) is 5.43 Å². The molecule has 0 aliphatic rings. The summed E-state index contributed by atoms with van der Waals surface area (Å²) in [4.78, 5) is 12.4. The van der Waals surface area contributed by atoms with E-state index in [0.29, 0.717) is 11.1 Å². The lowest BCUT2D eigenvalue weighted by Gasteiger charge is -2.04. The first-order valence-corrected chi connectivity index (χ1v) is 7.01. The largest absolute Gasteiger partial charge is 0.497 e. The Kier molecular flexibility index (Phi) is 2.84. The Morgan fingerprint density at radius 1 is 1.17 bits per heavy atom. The van der Waals surface area contributed by atoms with Crippen molar-refractivity contribution in [3.05, 3.63) is 51.1 Å². The molecule has 3 rings (SSSR count). The van der Waals surface area contributed by atoms with Gasteiger partial charge in [0.1, 0.15) is 5.75 Å². The number of halogens is 1. The molecule has 1 heterocycles. The Labute approximate surface area is 116 Å². The molecule has 1 aromatic heterocycles. The van der Waals surface area contributed by atoms with E-state index in [1.807, 2.05) is 30.3 Å². The van der Waals surface area contributed by atoms with E-state index in [1.54, 1.807) is 24.5 Å². The third-order valence-corrected chi connectivity index (χ3v) is 5.00. The van der Waals surface area contributed by atoms with Gasteiger partial charge in [-0.2, -0.15) is 0 Å². The molecule has 0 saturated heterocycles. The average Bonchev–Trinajstić information content (AvgIpc) is 2.40. The molecule has 0 aliphatic carbocycles. The van der Waals surface area contributed by atoms with Crippen molar-refractivity contribution in [1.29, 1.82) is 0 Å². The fourth-order valence-electron chi connectivity index (χ4n) is 1.95. The molecule has 0 amide bonds. The van der Waals surface area contributed by atoms with E-state index in [9.17, 15) is 4.79 Å². The Bertz CT molecular complexity index is 808. The van der Waals surface area contributed by atoms with Crippen molar-refractivity contribution in [1.82, 2.24) is 0 Å². The standard InChI is InChI=1S/C14H9BrO2S/c1-17-8-5-6-12-10(7-8)13(16)9-3-2-4-11(15)14(9)18-12/h2-7H,1H3. The van der Waals surface area contributed by atoms with E-state index in [4.69, 9.17) is 4.74 Å². The maximum absolute atomic E-state index is 12.4. The monoisotopic (exact) mass is 320 g/mol. The van der Waals surface area contributed by atoms with Gasteiger partial charge in [0.2, 0.25) is 0 Å². The lowest BCUT2D eigenvalue weighted by molar-refractivity contribution is 0.415. The molecular formula is C14H9BrO2S. The third kappa shape index (κ3) is 1.72. The third-order valence-electron chi connectivity index (χ3n) is 2.85. The van der Waals surface area contributed by atoms with Gasteiger partial charge in [-0.25, -0.2) is 0 Å². The van der Waals surface area contributed by atoms with E-state index in [0.717, 1.165) is 19.3 Å². The van der Waals surface area contributed by atoms with E-state index in [2.05, 4.69) is 15.9 Å².